The highest BCUT2D eigenvalue weighted by atomic mass is 35.5. The monoisotopic (exact) mass is 266 g/mol. The lowest BCUT2D eigenvalue weighted by molar-refractivity contribution is -0.121. The predicted octanol–water partition coefficient (Wildman–Crippen LogP) is 1.75. The number of fused-ring (bicyclic) bond motifs is 1. The maximum atomic E-state index is 11.5. The van der Waals surface area contributed by atoms with Crippen molar-refractivity contribution in [1.29, 1.82) is 0 Å². The van der Waals surface area contributed by atoms with Crippen LogP contribution in [0.5, 0.6) is 0 Å². The highest BCUT2D eigenvalue weighted by Gasteiger charge is 2.06. The highest BCUT2D eigenvalue weighted by Crippen LogP contribution is 2.03. The summed E-state index contributed by atoms with van der Waals surface area (Å²) in [5, 5.41) is 10.9. The van der Waals surface area contributed by atoms with E-state index in [0.717, 1.165) is 24.3 Å². The number of nitrogens with one attached hydrogen (secondary N) is 1. The van der Waals surface area contributed by atoms with Crippen LogP contribution in [-0.4, -0.2) is 26.4 Å². The van der Waals surface area contributed by atoms with E-state index in [1.807, 2.05) is 28.8 Å². The second-order valence-electron chi connectivity index (χ2n) is 3.97. The summed E-state index contributed by atoms with van der Waals surface area (Å²) in [6, 6.07) is 5.68. The maximum Gasteiger partial charge on any atom is 0.220 e. The standard InChI is InChI=1S/C12H15ClN4O/c13-7-3-1-6-12(18)14-9-11-16-15-10-5-2-4-8-17(10)11/h2,4-5,8H,1,3,6-7,9H2,(H,14,18). The molecule has 0 aliphatic rings. The van der Waals surface area contributed by atoms with Gasteiger partial charge in [0.2, 0.25) is 5.91 Å². The zero-order valence-electron chi connectivity index (χ0n) is 9.97. The van der Waals surface area contributed by atoms with E-state index in [2.05, 4.69) is 15.5 Å². The topological polar surface area (TPSA) is 59.3 Å². The van der Waals surface area contributed by atoms with Gasteiger partial charge in [0.05, 0.1) is 6.54 Å². The normalized spacial score (nSPS) is 10.7. The third kappa shape index (κ3) is 3.20. The smallest absolute Gasteiger partial charge is 0.220 e. The number of pyridine rings is 1. The first-order valence-corrected chi connectivity index (χ1v) is 6.46. The highest BCUT2D eigenvalue weighted by molar-refractivity contribution is 6.17. The van der Waals surface area contributed by atoms with Crippen molar-refractivity contribution in [2.45, 2.75) is 25.8 Å². The summed E-state index contributed by atoms with van der Waals surface area (Å²) in [6.07, 6.45) is 4.06. The molecule has 2 heterocycles. The molecule has 0 aromatic carbocycles. The number of amides is 1. The van der Waals surface area contributed by atoms with Crippen LogP contribution in [0.3, 0.4) is 0 Å². The fourth-order valence-electron chi connectivity index (χ4n) is 1.66. The lowest BCUT2D eigenvalue weighted by Crippen LogP contribution is -2.23. The first kappa shape index (κ1) is 12.8. The minimum absolute atomic E-state index is 0.0211. The molecule has 96 valence electrons. The molecule has 0 aliphatic heterocycles. The van der Waals surface area contributed by atoms with E-state index < -0.39 is 0 Å². The molecule has 18 heavy (non-hydrogen) atoms. The van der Waals surface area contributed by atoms with Crippen LogP contribution >= 0.6 is 11.6 Å². The third-order valence-corrected chi connectivity index (χ3v) is 2.88. The Kier molecular flexibility index (Phi) is 4.52. The number of halogens is 1. The first-order valence-electron chi connectivity index (χ1n) is 5.92. The SMILES string of the molecule is O=C(CCCCCl)NCc1nnc2ccccn12. The van der Waals surface area contributed by atoms with Gasteiger partial charge in [-0.05, 0) is 25.0 Å². The summed E-state index contributed by atoms with van der Waals surface area (Å²) in [7, 11) is 0. The van der Waals surface area contributed by atoms with Crippen LogP contribution in [-0.2, 0) is 11.3 Å². The summed E-state index contributed by atoms with van der Waals surface area (Å²) >= 11 is 5.56. The number of hydrogen-bond acceptors (Lipinski definition) is 3. The lowest BCUT2D eigenvalue weighted by Gasteiger charge is -2.03. The summed E-state index contributed by atoms with van der Waals surface area (Å²) in [5.74, 6) is 1.35. The van der Waals surface area contributed by atoms with E-state index in [1.165, 1.54) is 0 Å². The van der Waals surface area contributed by atoms with E-state index in [-0.39, 0.29) is 5.91 Å². The van der Waals surface area contributed by atoms with Crippen molar-refractivity contribution >= 4 is 23.2 Å². The van der Waals surface area contributed by atoms with Gasteiger partial charge in [-0.1, -0.05) is 6.07 Å². The molecule has 0 spiro atoms. The molecule has 2 aromatic heterocycles. The Morgan fingerprint density at radius 3 is 3.06 bits per heavy atom. The van der Waals surface area contributed by atoms with E-state index in [0.29, 0.717) is 18.8 Å². The molecule has 0 saturated carbocycles. The van der Waals surface area contributed by atoms with Crippen LogP contribution in [0.1, 0.15) is 25.1 Å². The van der Waals surface area contributed by atoms with Crippen molar-refractivity contribution in [3.05, 3.63) is 30.2 Å². The van der Waals surface area contributed by atoms with Crippen molar-refractivity contribution in [2.24, 2.45) is 0 Å². The molecule has 2 aromatic rings. The molecule has 5 nitrogen and oxygen atoms in total. The van der Waals surface area contributed by atoms with Crippen molar-refractivity contribution < 1.29 is 4.79 Å². The lowest BCUT2D eigenvalue weighted by atomic mass is 10.2. The summed E-state index contributed by atoms with van der Waals surface area (Å²) < 4.78 is 1.86. The van der Waals surface area contributed by atoms with Gasteiger partial charge in [0.25, 0.3) is 0 Å². The molecule has 0 fully saturated rings. The van der Waals surface area contributed by atoms with Gasteiger partial charge in [0.1, 0.15) is 0 Å². The van der Waals surface area contributed by atoms with Crippen LogP contribution < -0.4 is 5.32 Å². The number of nitrogens with zero attached hydrogens (tertiary/aromatic N) is 3. The number of alkyl halides is 1. The average Bonchev–Trinajstić information content (AvgIpc) is 2.80. The van der Waals surface area contributed by atoms with Crippen LogP contribution in [0.25, 0.3) is 5.65 Å². The Bertz CT molecular complexity index is 526. The minimum Gasteiger partial charge on any atom is -0.349 e. The molecule has 0 saturated heterocycles. The third-order valence-electron chi connectivity index (χ3n) is 2.62. The Labute approximate surface area is 110 Å². The summed E-state index contributed by atoms with van der Waals surface area (Å²) in [5.41, 5.74) is 0.781. The predicted molar refractivity (Wildman–Crippen MR) is 69.4 cm³/mol. The number of aromatic nitrogens is 3. The van der Waals surface area contributed by atoms with Gasteiger partial charge in [0, 0.05) is 18.5 Å². The molecular formula is C12H15ClN4O. The van der Waals surface area contributed by atoms with Crippen molar-refractivity contribution in [3.63, 3.8) is 0 Å². The van der Waals surface area contributed by atoms with E-state index in [1.54, 1.807) is 0 Å². The molecular weight excluding hydrogens is 252 g/mol. The average molecular weight is 267 g/mol. The molecule has 1 amide bonds. The van der Waals surface area contributed by atoms with Crippen molar-refractivity contribution in [1.82, 2.24) is 19.9 Å². The molecule has 2 rings (SSSR count). The van der Waals surface area contributed by atoms with E-state index >= 15 is 0 Å². The summed E-state index contributed by atoms with van der Waals surface area (Å²) in [4.78, 5) is 11.5. The number of unbranched alkanes of at least 4 members (excludes halogenated alkanes) is 1. The second kappa shape index (κ2) is 6.35. The van der Waals surface area contributed by atoms with Crippen molar-refractivity contribution in [2.75, 3.05) is 5.88 Å². The Balaban J connectivity index is 1.88. The van der Waals surface area contributed by atoms with Gasteiger partial charge in [-0.25, -0.2) is 0 Å². The molecule has 6 heteroatoms. The van der Waals surface area contributed by atoms with Gasteiger partial charge in [-0.3, -0.25) is 9.20 Å². The molecule has 0 atom stereocenters. The second-order valence-corrected chi connectivity index (χ2v) is 4.35. The summed E-state index contributed by atoms with van der Waals surface area (Å²) in [6.45, 7) is 0.394. The molecule has 0 aliphatic carbocycles. The minimum atomic E-state index is 0.0211. The Hall–Kier alpha value is -1.62. The zero-order valence-corrected chi connectivity index (χ0v) is 10.7. The number of rotatable bonds is 6. The fourth-order valence-corrected chi connectivity index (χ4v) is 1.85. The zero-order chi connectivity index (χ0) is 12.8. The first-order chi connectivity index (χ1) is 8.81. The quantitative estimate of drug-likeness (QED) is 0.640. The van der Waals surface area contributed by atoms with Gasteiger partial charge in [-0.15, -0.1) is 21.8 Å². The number of hydrogen-bond donors (Lipinski definition) is 1. The number of carbonyl (C=O) groups excluding carboxylic acids is 1. The van der Waals surface area contributed by atoms with Gasteiger partial charge >= 0.3 is 0 Å². The number of carbonyl (C=O) groups is 1. The molecule has 0 radical (unpaired) electrons. The van der Waals surface area contributed by atoms with Crippen LogP contribution in [0, 0.1) is 0 Å². The maximum absolute atomic E-state index is 11.5. The Morgan fingerprint density at radius 1 is 1.33 bits per heavy atom. The van der Waals surface area contributed by atoms with Gasteiger partial charge < -0.3 is 5.32 Å². The molecule has 0 unspecified atom stereocenters. The van der Waals surface area contributed by atoms with Crippen LogP contribution in [0.2, 0.25) is 0 Å². The van der Waals surface area contributed by atoms with Gasteiger partial charge in [0.15, 0.2) is 11.5 Å². The van der Waals surface area contributed by atoms with E-state index in [4.69, 9.17) is 11.6 Å². The van der Waals surface area contributed by atoms with Crippen LogP contribution in [0.4, 0.5) is 0 Å². The molecule has 1 N–H and O–H groups in total. The van der Waals surface area contributed by atoms with Crippen molar-refractivity contribution in [3.8, 4) is 0 Å². The van der Waals surface area contributed by atoms with Crippen LogP contribution in [0.15, 0.2) is 24.4 Å². The largest absolute Gasteiger partial charge is 0.349 e. The van der Waals surface area contributed by atoms with E-state index in [9.17, 15) is 4.79 Å². The Morgan fingerprint density at radius 2 is 2.22 bits per heavy atom. The fraction of sp³-hybridized carbons (Fsp3) is 0.417. The van der Waals surface area contributed by atoms with Gasteiger partial charge in [-0.2, -0.15) is 0 Å². The molecule has 0 bridgehead atoms.